The van der Waals surface area contributed by atoms with E-state index in [0.29, 0.717) is 17.1 Å². The van der Waals surface area contributed by atoms with Crippen LogP contribution < -0.4 is 10.1 Å². The number of hydrogen-bond acceptors (Lipinski definition) is 4. The van der Waals surface area contributed by atoms with Gasteiger partial charge < -0.3 is 19.4 Å². The van der Waals surface area contributed by atoms with Crippen LogP contribution in [0.1, 0.15) is 52.0 Å². The predicted octanol–water partition coefficient (Wildman–Crippen LogP) is 4.44. The van der Waals surface area contributed by atoms with Gasteiger partial charge in [0.05, 0.1) is 12.8 Å². The van der Waals surface area contributed by atoms with Crippen molar-refractivity contribution in [3.63, 3.8) is 0 Å². The Morgan fingerprint density at radius 2 is 2.00 bits per heavy atom. The van der Waals surface area contributed by atoms with E-state index in [1.54, 1.807) is 29.4 Å². The van der Waals surface area contributed by atoms with Crippen LogP contribution in [0.25, 0.3) is 0 Å². The molecule has 0 radical (unpaired) electrons. The van der Waals surface area contributed by atoms with Crippen LogP contribution in [0, 0.1) is 5.92 Å². The molecule has 0 saturated carbocycles. The van der Waals surface area contributed by atoms with Crippen molar-refractivity contribution in [3.8, 4) is 5.75 Å². The monoisotopic (exact) mass is 462 g/mol. The maximum absolute atomic E-state index is 13.5. The molecule has 0 saturated heterocycles. The second kappa shape index (κ2) is 8.22. The highest BCUT2D eigenvalue weighted by atomic mass is 79.9. The number of nitrogens with zero attached hydrogens (tertiary/aromatic N) is 1. The lowest BCUT2D eigenvalue weighted by Crippen LogP contribution is -2.51. The maximum atomic E-state index is 13.5. The lowest BCUT2D eigenvalue weighted by atomic mass is 10.00. The Kier molecular flexibility index (Phi) is 6.08. The van der Waals surface area contributed by atoms with Gasteiger partial charge in [-0.3, -0.25) is 9.59 Å². The number of halogens is 1. The summed E-state index contributed by atoms with van der Waals surface area (Å²) in [7, 11) is 0. The smallest absolute Gasteiger partial charge is 0.265 e. The molecular weight excluding hydrogens is 436 g/mol. The van der Waals surface area contributed by atoms with Crippen LogP contribution in [0.3, 0.4) is 0 Å². The Bertz CT molecular complexity index is 887. The van der Waals surface area contributed by atoms with Gasteiger partial charge in [-0.25, -0.2) is 0 Å². The number of fused-ring (bicyclic) bond motifs is 1. The summed E-state index contributed by atoms with van der Waals surface area (Å²) >= 11 is 3.48. The molecule has 2 amide bonds. The third-order valence-corrected chi connectivity index (χ3v) is 5.11. The first-order chi connectivity index (χ1) is 13.6. The van der Waals surface area contributed by atoms with Crippen molar-refractivity contribution in [1.29, 1.82) is 0 Å². The van der Waals surface area contributed by atoms with Crippen molar-refractivity contribution < 1.29 is 18.7 Å². The minimum absolute atomic E-state index is 0.0671. The molecule has 0 bridgehead atoms. The van der Waals surface area contributed by atoms with Crippen molar-refractivity contribution in [2.24, 2.45) is 5.92 Å². The summed E-state index contributed by atoms with van der Waals surface area (Å²) in [4.78, 5) is 28.5. The predicted molar refractivity (Wildman–Crippen MR) is 113 cm³/mol. The molecule has 6 nitrogen and oxygen atoms in total. The van der Waals surface area contributed by atoms with Crippen LogP contribution in [0.4, 0.5) is 0 Å². The Balaban J connectivity index is 2.15. The van der Waals surface area contributed by atoms with E-state index >= 15 is 0 Å². The van der Waals surface area contributed by atoms with Gasteiger partial charge in [0.1, 0.15) is 17.6 Å². The quantitative estimate of drug-likeness (QED) is 0.728. The standard InChI is InChI=1S/C22H27BrN2O4/c1-13(2)19-21(27)25(12-15-7-6-10-28-15)18(20(26)24-22(3,4)5)16-11-14(23)8-9-17(16)29-19/h6-11,13,18-19H,12H2,1-5H3,(H,24,26). The SMILES string of the molecule is CC(C)C1Oc2ccc(Br)cc2C(C(=O)NC(C)(C)C)N(Cc2ccco2)C1=O. The molecule has 2 atom stereocenters. The van der Waals surface area contributed by atoms with Crippen LogP contribution in [0.15, 0.2) is 45.5 Å². The van der Waals surface area contributed by atoms with E-state index < -0.39 is 17.7 Å². The third kappa shape index (κ3) is 4.83. The van der Waals surface area contributed by atoms with Crippen molar-refractivity contribution in [2.75, 3.05) is 0 Å². The van der Waals surface area contributed by atoms with E-state index in [1.165, 1.54) is 0 Å². The summed E-state index contributed by atoms with van der Waals surface area (Å²) in [5.41, 5.74) is 0.192. The molecule has 1 aliphatic heterocycles. The number of benzene rings is 1. The molecule has 1 aromatic carbocycles. The summed E-state index contributed by atoms with van der Waals surface area (Å²) < 4.78 is 12.4. The molecule has 2 heterocycles. The number of carbonyl (C=O) groups excluding carboxylic acids is 2. The molecule has 1 N–H and O–H groups in total. The number of furan rings is 1. The van der Waals surface area contributed by atoms with Crippen molar-refractivity contribution in [1.82, 2.24) is 10.2 Å². The van der Waals surface area contributed by atoms with Gasteiger partial charge in [0, 0.05) is 15.6 Å². The van der Waals surface area contributed by atoms with Gasteiger partial charge in [-0.05, 0) is 57.0 Å². The van der Waals surface area contributed by atoms with Gasteiger partial charge in [-0.2, -0.15) is 0 Å². The van der Waals surface area contributed by atoms with Gasteiger partial charge in [-0.1, -0.05) is 29.8 Å². The molecule has 7 heteroatoms. The fourth-order valence-corrected chi connectivity index (χ4v) is 3.75. The van der Waals surface area contributed by atoms with Gasteiger partial charge in [0.2, 0.25) is 5.91 Å². The van der Waals surface area contributed by atoms with E-state index in [-0.39, 0.29) is 24.3 Å². The number of nitrogens with one attached hydrogen (secondary N) is 1. The lowest BCUT2D eigenvalue weighted by Gasteiger charge is -2.33. The second-order valence-electron chi connectivity index (χ2n) is 8.65. The Morgan fingerprint density at radius 1 is 1.28 bits per heavy atom. The van der Waals surface area contributed by atoms with E-state index in [1.807, 2.05) is 46.8 Å². The first kappa shape index (κ1) is 21.4. The Labute approximate surface area is 179 Å². The molecule has 1 aliphatic rings. The highest BCUT2D eigenvalue weighted by Crippen LogP contribution is 2.38. The average molecular weight is 463 g/mol. The molecule has 0 aliphatic carbocycles. The molecule has 0 fully saturated rings. The van der Waals surface area contributed by atoms with Crippen LogP contribution in [0.2, 0.25) is 0 Å². The highest BCUT2D eigenvalue weighted by Gasteiger charge is 2.43. The minimum atomic E-state index is -0.844. The van der Waals surface area contributed by atoms with Crippen molar-refractivity contribution in [2.45, 2.75) is 58.8 Å². The average Bonchev–Trinajstić information content (AvgIpc) is 3.07. The molecule has 2 unspecified atom stereocenters. The zero-order valence-electron chi connectivity index (χ0n) is 17.4. The van der Waals surface area contributed by atoms with E-state index in [4.69, 9.17) is 9.15 Å². The van der Waals surface area contributed by atoms with Gasteiger partial charge in [-0.15, -0.1) is 0 Å². The first-order valence-electron chi connectivity index (χ1n) is 9.68. The normalized spacial score (nSPS) is 19.6. The fourth-order valence-electron chi connectivity index (χ4n) is 3.37. The Hall–Kier alpha value is -2.28. The fraction of sp³-hybridized carbons (Fsp3) is 0.455. The number of rotatable bonds is 4. The molecule has 29 heavy (non-hydrogen) atoms. The molecule has 0 spiro atoms. The summed E-state index contributed by atoms with van der Waals surface area (Å²) in [5, 5.41) is 3.02. The van der Waals surface area contributed by atoms with Crippen LogP contribution >= 0.6 is 15.9 Å². The maximum Gasteiger partial charge on any atom is 0.265 e. The zero-order chi connectivity index (χ0) is 21.3. The van der Waals surface area contributed by atoms with Crippen molar-refractivity contribution >= 4 is 27.7 Å². The summed E-state index contributed by atoms with van der Waals surface area (Å²) in [6.07, 6.45) is 0.861. The molecule has 156 valence electrons. The number of ether oxygens (including phenoxy) is 1. The molecule has 3 rings (SSSR count). The number of carbonyl (C=O) groups is 2. The zero-order valence-corrected chi connectivity index (χ0v) is 18.9. The highest BCUT2D eigenvalue weighted by molar-refractivity contribution is 9.10. The number of hydrogen-bond donors (Lipinski definition) is 1. The molecule has 1 aromatic heterocycles. The van der Waals surface area contributed by atoms with E-state index in [2.05, 4.69) is 21.2 Å². The van der Waals surface area contributed by atoms with E-state index in [9.17, 15) is 9.59 Å². The van der Waals surface area contributed by atoms with Crippen LogP contribution in [-0.4, -0.2) is 28.4 Å². The summed E-state index contributed by atoms with van der Waals surface area (Å²) in [6, 6.07) is 8.21. The van der Waals surface area contributed by atoms with E-state index in [0.717, 1.165) is 4.47 Å². The minimum Gasteiger partial charge on any atom is -0.480 e. The first-order valence-corrected chi connectivity index (χ1v) is 10.5. The summed E-state index contributed by atoms with van der Waals surface area (Å²) in [6.45, 7) is 9.77. The molecular formula is C22H27BrN2O4. The van der Waals surface area contributed by atoms with Gasteiger partial charge in [0.15, 0.2) is 6.10 Å². The Morgan fingerprint density at radius 3 is 2.59 bits per heavy atom. The lowest BCUT2D eigenvalue weighted by molar-refractivity contribution is -0.148. The van der Waals surface area contributed by atoms with Crippen molar-refractivity contribution in [3.05, 3.63) is 52.4 Å². The number of amides is 2. The summed E-state index contributed by atoms with van der Waals surface area (Å²) in [5.74, 6) is 0.578. The topological polar surface area (TPSA) is 71.8 Å². The van der Waals surface area contributed by atoms with Gasteiger partial charge >= 0.3 is 0 Å². The third-order valence-electron chi connectivity index (χ3n) is 4.62. The largest absolute Gasteiger partial charge is 0.480 e. The second-order valence-corrected chi connectivity index (χ2v) is 9.57. The van der Waals surface area contributed by atoms with Crippen LogP contribution in [-0.2, 0) is 16.1 Å². The van der Waals surface area contributed by atoms with Gasteiger partial charge in [0.25, 0.3) is 5.91 Å². The molecule has 2 aromatic rings. The van der Waals surface area contributed by atoms with Crippen LogP contribution in [0.5, 0.6) is 5.75 Å².